The van der Waals surface area contributed by atoms with Crippen LogP contribution >= 0.6 is 0 Å². The highest BCUT2D eigenvalue weighted by atomic mass is 16.4. The first-order valence-corrected chi connectivity index (χ1v) is 7.27. The molecule has 1 fully saturated rings. The average Bonchev–Trinajstić information content (AvgIpc) is 2.36. The van der Waals surface area contributed by atoms with Crippen molar-refractivity contribution in [3.8, 4) is 0 Å². The van der Waals surface area contributed by atoms with Gasteiger partial charge in [-0.25, -0.2) is 0 Å². The van der Waals surface area contributed by atoms with Crippen LogP contribution in [0.2, 0.25) is 0 Å². The van der Waals surface area contributed by atoms with Crippen molar-refractivity contribution in [3.05, 3.63) is 35.4 Å². The van der Waals surface area contributed by atoms with Crippen LogP contribution in [0, 0.1) is 0 Å². The summed E-state index contributed by atoms with van der Waals surface area (Å²) < 4.78 is 0. The van der Waals surface area contributed by atoms with Crippen LogP contribution in [-0.4, -0.2) is 23.5 Å². The Bertz CT molecular complexity index is 463. The summed E-state index contributed by atoms with van der Waals surface area (Å²) in [5.74, 6) is -0.188. The van der Waals surface area contributed by atoms with E-state index in [2.05, 4.69) is 5.32 Å². The molecule has 1 amide bonds. The Labute approximate surface area is 119 Å². The fraction of sp³-hybridized carbons (Fsp3) is 0.500. The minimum Gasteiger partial charge on any atom is -0.481 e. The van der Waals surface area contributed by atoms with E-state index in [0.29, 0.717) is 30.9 Å². The number of hydrogen-bond acceptors (Lipinski definition) is 2. The lowest BCUT2D eigenvalue weighted by Crippen LogP contribution is -2.24. The van der Waals surface area contributed by atoms with Gasteiger partial charge in [0.1, 0.15) is 0 Å². The van der Waals surface area contributed by atoms with Gasteiger partial charge in [-0.15, -0.1) is 0 Å². The molecule has 0 aliphatic heterocycles. The molecule has 2 rings (SSSR count). The molecule has 0 spiro atoms. The number of carboxylic acids is 1. The number of carboxylic acid groups (broad SMARTS) is 1. The molecular formula is C16H21NO3. The predicted octanol–water partition coefficient (Wildman–Crippen LogP) is 2.94. The highest BCUT2D eigenvalue weighted by Crippen LogP contribution is 2.36. The average molecular weight is 275 g/mol. The van der Waals surface area contributed by atoms with Crippen LogP contribution in [0.1, 0.15) is 60.4 Å². The number of rotatable bonds is 7. The van der Waals surface area contributed by atoms with Gasteiger partial charge in [-0.3, -0.25) is 9.59 Å². The molecule has 1 aliphatic carbocycles. The maximum atomic E-state index is 11.9. The molecule has 20 heavy (non-hydrogen) atoms. The topological polar surface area (TPSA) is 66.4 Å². The van der Waals surface area contributed by atoms with Crippen LogP contribution in [0.15, 0.2) is 24.3 Å². The maximum Gasteiger partial charge on any atom is 0.303 e. The van der Waals surface area contributed by atoms with Gasteiger partial charge < -0.3 is 10.4 Å². The number of amides is 1. The Morgan fingerprint density at radius 1 is 1.15 bits per heavy atom. The molecular weight excluding hydrogens is 254 g/mol. The molecule has 0 bridgehead atoms. The van der Waals surface area contributed by atoms with Crippen molar-refractivity contribution in [2.45, 2.75) is 44.4 Å². The lowest BCUT2D eigenvalue weighted by molar-refractivity contribution is -0.137. The number of unbranched alkanes of at least 4 members (excludes halogenated alkanes) is 1. The van der Waals surface area contributed by atoms with Crippen LogP contribution < -0.4 is 5.32 Å². The van der Waals surface area contributed by atoms with E-state index < -0.39 is 5.97 Å². The standard InChI is InChI=1S/C16H21NO3/c18-15(19)6-1-2-11-17-16(20)14-9-7-13(8-10-14)12-4-3-5-12/h7-10,12H,1-6,11H2,(H,17,20)(H,18,19). The van der Waals surface area contributed by atoms with E-state index in [1.54, 1.807) is 0 Å². The summed E-state index contributed by atoms with van der Waals surface area (Å²) in [6.07, 6.45) is 5.27. The van der Waals surface area contributed by atoms with Gasteiger partial charge in [0.05, 0.1) is 0 Å². The van der Waals surface area contributed by atoms with Crippen LogP contribution in [0.5, 0.6) is 0 Å². The molecule has 1 aliphatic rings. The van der Waals surface area contributed by atoms with Gasteiger partial charge in [0.15, 0.2) is 0 Å². The number of nitrogens with one attached hydrogen (secondary N) is 1. The molecule has 0 radical (unpaired) electrons. The molecule has 4 nitrogen and oxygen atoms in total. The Morgan fingerprint density at radius 2 is 1.85 bits per heavy atom. The van der Waals surface area contributed by atoms with Crippen molar-refractivity contribution in [1.29, 1.82) is 0 Å². The molecule has 1 aromatic carbocycles. The molecule has 0 heterocycles. The molecule has 108 valence electrons. The first-order chi connectivity index (χ1) is 9.66. The summed E-state index contributed by atoms with van der Waals surface area (Å²) in [5, 5.41) is 11.3. The number of carbonyl (C=O) groups excluding carboxylic acids is 1. The zero-order valence-electron chi connectivity index (χ0n) is 11.6. The molecule has 0 saturated heterocycles. The molecule has 0 aromatic heterocycles. The SMILES string of the molecule is O=C(O)CCCCNC(=O)c1ccc(C2CCC2)cc1. The highest BCUT2D eigenvalue weighted by Gasteiger charge is 2.19. The second-order valence-corrected chi connectivity index (χ2v) is 5.36. The highest BCUT2D eigenvalue weighted by molar-refractivity contribution is 5.94. The van der Waals surface area contributed by atoms with Crippen LogP contribution in [0.4, 0.5) is 0 Å². The summed E-state index contributed by atoms with van der Waals surface area (Å²) in [6, 6.07) is 7.84. The van der Waals surface area contributed by atoms with E-state index in [9.17, 15) is 9.59 Å². The summed E-state index contributed by atoms with van der Waals surface area (Å²) in [7, 11) is 0. The van der Waals surface area contributed by atoms with Gasteiger partial charge in [-0.1, -0.05) is 18.6 Å². The zero-order valence-corrected chi connectivity index (χ0v) is 11.6. The van der Waals surface area contributed by atoms with E-state index in [4.69, 9.17) is 5.11 Å². The second kappa shape index (κ2) is 7.08. The van der Waals surface area contributed by atoms with E-state index in [-0.39, 0.29) is 12.3 Å². The van der Waals surface area contributed by atoms with E-state index in [1.165, 1.54) is 24.8 Å². The van der Waals surface area contributed by atoms with Gasteiger partial charge in [-0.2, -0.15) is 0 Å². The third kappa shape index (κ3) is 4.08. The third-order valence-corrected chi connectivity index (χ3v) is 3.85. The molecule has 2 N–H and O–H groups in total. The minimum absolute atomic E-state index is 0.0829. The Kier molecular flexibility index (Phi) is 5.16. The lowest BCUT2D eigenvalue weighted by Gasteiger charge is -2.25. The fourth-order valence-electron chi connectivity index (χ4n) is 2.35. The van der Waals surface area contributed by atoms with Crippen molar-refractivity contribution in [1.82, 2.24) is 5.32 Å². The zero-order chi connectivity index (χ0) is 14.4. The summed E-state index contributed by atoms with van der Waals surface area (Å²) >= 11 is 0. The van der Waals surface area contributed by atoms with Crippen molar-refractivity contribution in [2.24, 2.45) is 0 Å². The van der Waals surface area contributed by atoms with Crippen molar-refractivity contribution < 1.29 is 14.7 Å². The van der Waals surface area contributed by atoms with E-state index in [0.717, 1.165) is 0 Å². The van der Waals surface area contributed by atoms with Gasteiger partial charge in [0.2, 0.25) is 0 Å². The Morgan fingerprint density at radius 3 is 2.40 bits per heavy atom. The fourth-order valence-corrected chi connectivity index (χ4v) is 2.35. The normalized spacial score (nSPS) is 14.6. The summed E-state index contributed by atoms with van der Waals surface area (Å²) in [6.45, 7) is 0.524. The number of benzene rings is 1. The lowest BCUT2D eigenvalue weighted by atomic mass is 9.80. The monoisotopic (exact) mass is 275 g/mol. The van der Waals surface area contributed by atoms with Crippen LogP contribution in [0.3, 0.4) is 0 Å². The van der Waals surface area contributed by atoms with Gasteiger partial charge in [-0.05, 0) is 49.3 Å². The van der Waals surface area contributed by atoms with Crippen LogP contribution in [0.25, 0.3) is 0 Å². The number of hydrogen-bond donors (Lipinski definition) is 2. The third-order valence-electron chi connectivity index (χ3n) is 3.85. The first kappa shape index (κ1) is 14.6. The molecule has 1 aromatic rings. The Hall–Kier alpha value is -1.84. The van der Waals surface area contributed by atoms with E-state index >= 15 is 0 Å². The maximum absolute atomic E-state index is 11.9. The van der Waals surface area contributed by atoms with Gasteiger partial charge in [0, 0.05) is 18.5 Å². The quantitative estimate of drug-likeness (QED) is 0.752. The molecule has 4 heteroatoms. The summed E-state index contributed by atoms with van der Waals surface area (Å²) in [4.78, 5) is 22.2. The molecule has 1 saturated carbocycles. The van der Waals surface area contributed by atoms with E-state index in [1.807, 2.05) is 24.3 Å². The number of aliphatic carboxylic acids is 1. The largest absolute Gasteiger partial charge is 0.481 e. The van der Waals surface area contributed by atoms with Crippen molar-refractivity contribution in [2.75, 3.05) is 6.54 Å². The predicted molar refractivity (Wildman–Crippen MR) is 76.9 cm³/mol. The second-order valence-electron chi connectivity index (χ2n) is 5.36. The Balaban J connectivity index is 1.73. The number of carbonyl (C=O) groups is 2. The van der Waals surface area contributed by atoms with Gasteiger partial charge in [0.25, 0.3) is 5.91 Å². The summed E-state index contributed by atoms with van der Waals surface area (Å²) in [5.41, 5.74) is 2.00. The van der Waals surface area contributed by atoms with Gasteiger partial charge >= 0.3 is 5.97 Å². The smallest absolute Gasteiger partial charge is 0.303 e. The van der Waals surface area contributed by atoms with Crippen molar-refractivity contribution >= 4 is 11.9 Å². The molecule has 0 atom stereocenters. The molecule has 0 unspecified atom stereocenters. The minimum atomic E-state index is -0.789. The first-order valence-electron chi connectivity index (χ1n) is 7.27. The van der Waals surface area contributed by atoms with Crippen LogP contribution in [-0.2, 0) is 4.79 Å². The van der Waals surface area contributed by atoms with Crippen molar-refractivity contribution in [3.63, 3.8) is 0 Å².